The molecule has 0 aromatic carbocycles. The Bertz CT molecular complexity index is 179. The molecule has 0 spiro atoms. The first kappa shape index (κ1) is 17.8. The van der Waals surface area contributed by atoms with E-state index in [0.29, 0.717) is 12.1 Å². The third-order valence-electron chi connectivity index (χ3n) is 3.42. The van der Waals surface area contributed by atoms with E-state index in [1.807, 2.05) is 0 Å². The van der Waals surface area contributed by atoms with E-state index in [4.69, 9.17) is 9.47 Å². The van der Waals surface area contributed by atoms with Crippen LogP contribution in [0.4, 0.5) is 0 Å². The second-order valence-corrected chi connectivity index (χ2v) is 4.89. The summed E-state index contributed by atoms with van der Waals surface area (Å²) < 4.78 is 10.2. The second-order valence-electron chi connectivity index (χ2n) is 4.89. The number of methoxy groups -OCH3 is 2. The van der Waals surface area contributed by atoms with Gasteiger partial charge in [0.1, 0.15) is 0 Å². The molecule has 0 aliphatic carbocycles. The molecule has 0 amide bonds. The van der Waals surface area contributed by atoms with Gasteiger partial charge < -0.3 is 14.8 Å². The van der Waals surface area contributed by atoms with Crippen LogP contribution in [0.15, 0.2) is 0 Å². The summed E-state index contributed by atoms with van der Waals surface area (Å²) in [4.78, 5) is 2.52. The zero-order valence-electron chi connectivity index (χ0n) is 12.9. The first-order valence-electron chi connectivity index (χ1n) is 7.11. The van der Waals surface area contributed by atoms with Gasteiger partial charge in [0.25, 0.3) is 0 Å². The Balaban J connectivity index is 3.92. The molecular formula is C14H32N2O2. The summed E-state index contributed by atoms with van der Waals surface area (Å²) in [5.74, 6) is 0. The van der Waals surface area contributed by atoms with Crippen molar-refractivity contribution in [3.63, 3.8) is 0 Å². The van der Waals surface area contributed by atoms with E-state index in [-0.39, 0.29) is 0 Å². The van der Waals surface area contributed by atoms with Gasteiger partial charge in [-0.3, -0.25) is 4.90 Å². The van der Waals surface area contributed by atoms with Crippen molar-refractivity contribution in [1.29, 1.82) is 0 Å². The number of nitrogens with one attached hydrogen (secondary N) is 1. The maximum Gasteiger partial charge on any atom is 0.0589 e. The summed E-state index contributed by atoms with van der Waals surface area (Å²) in [6, 6.07) is 1.15. The van der Waals surface area contributed by atoms with E-state index in [9.17, 15) is 0 Å². The van der Waals surface area contributed by atoms with Crippen molar-refractivity contribution in [2.45, 2.75) is 45.7 Å². The lowest BCUT2D eigenvalue weighted by molar-refractivity contribution is 0.0932. The predicted octanol–water partition coefficient (Wildman–Crippen LogP) is 1.75. The Morgan fingerprint density at radius 1 is 1.06 bits per heavy atom. The van der Waals surface area contributed by atoms with Crippen LogP contribution in [-0.4, -0.2) is 64.1 Å². The fourth-order valence-corrected chi connectivity index (χ4v) is 2.08. The molecule has 4 heteroatoms. The highest BCUT2D eigenvalue weighted by molar-refractivity contribution is 4.74. The van der Waals surface area contributed by atoms with Crippen LogP contribution >= 0.6 is 0 Å². The van der Waals surface area contributed by atoms with Crippen LogP contribution in [-0.2, 0) is 9.47 Å². The number of rotatable bonds is 12. The quantitative estimate of drug-likeness (QED) is 0.542. The number of nitrogens with zero attached hydrogens (tertiary/aromatic N) is 1. The molecule has 0 aromatic rings. The molecule has 4 nitrogen and oxygen atoms in total. The van der Waals surface area contributed by atoms with E-state index in [2.05, 4.69) is 31.0 Å². The lowest BCUT2D eigenvalue weighted by atomic mass is 10.1. The molecule has 110 valence electrons. The fourth-order valence-electron chi connectivity index (χ4n) is 2.08. The van der Waals surface area contributed by atoms with E-state index >= 15 is 0 Å². The molecule has 0 aliphatic rings. The molecule has 0 saturated heterocycles. The van der Waals surface area contributed by atoms with Gasteiger partial charge in [0.15, 0.2) is 0 Å². The molecule has 0 aliphatic heterocycles. The first-order valence-corrected chi connectivity index (χ1v) is 7.11. The van der Waals surface area contributed by atoms with E-state index in [0.717, 1.165) is 39.3 Å². The van der Waals surface area contributed by atoms with Crippen molar-refractivity contribution in [2.24, 2.45) is 0 Å². The summed E-state index contributed by atoms with van der Waals surface area (Å²) >= 11 is 0. The molecule has 0 bridgehead atoms. The second kappa shape index (κ2) is 11.9. The summed E-state index contributed by atoms with van der Waals surface area (Å²) in [7, 11) is 3.51. The molecule has 0 radical (unpaired) electrons. The average molecular weight is 260 g/mol. The van der Waals surface area contributed by atoms with Crippen LogP contribution in [0, 0.1) is 0 Å². The number of hydrogen-bond acceptors (Lipinski definition) is 4. The molecular weight excluding hydrogens is 228 g/mol. The normalized spacial score (nSPS) is 15.0. The van der Waals surface area contributed by atoms with Gasteiger partial charge in [-0.2, -0.15) is 0 Å². The molecule has 2 atom stereocenters. The Hall–Kier alpha value is -0.160. The van der Waals surface area contributed by atoms with Crippen molar-refractivity contribution in [1.82, 2.24) is 10.2 Å². The third kappa shape index (κ3) is 8.03. The standard InChI is InChI=1S/C14H32N2O2/c1-6-13(2)16(9-11-18-5)14(3)12-15-8-7-10-17-4/h13-15H,6-12H2,1-5H3. The SMILES string of the molecule is CCC(C)N(CCOC)C(C)CNCCCOC. The Labute approximate surface area is 113 Å². The Kier molecular flexibility index (Phi) is 11.8. The fraction of sp³-hybridized carbons (Fsp3) is 1.00. The summed E-state index contributed by atoms with van der Waals surface area (Å²) in [6.45, 7) is 11.5. The van der Waals surface area contributed by atoms with Gasteiger partial charge in [-0.25, -0.2) is 0 Å². The lowest BCUT2D eigenvalue weighted by Crippen LogP contribution is -2.46. The van der Waals surface area contributed by atoms with Crippen LogP contribution in [0.1, 0.15) is 33.6 Å². The monoisotopic (exact) mass is 260 g/mol. The molecule has 18 heavy (non-hydrogen) atoms. The maximum atomic E-state index is 5.20. The Morgan fingerprint density at radius 2 is 1.72 bits per heavy atom. The molecule has 0 fully saturated rings. The lowest BCUT2D eigenvalue weighted by Gasteiger charge is -2.34. The number of hydrogen-bond donors (Lipinski definition) is 1. The molecule has 1 N–H and O–H groups in total. The van der Waals surface area contributed by atoms with Crippen molar-refractivity contribution >= 4 is 0 Å². The topological polar surface area (TPSA) is 33.7 Å². The largest absolute Gasteiger partial charge is 0.385 e. The van der Waals surface area contributed by atoms with Crippen molar-refractivity contribution in [3.05, 3.63) is 0 Å². The average Bonchev–Trinajstić information content (AvgIpc) is 2.38. The van der Waals surface area contributed by atoms with Crippen molar-refractivity contribution < 1.29 is 9.47 Å². The van der Waals surface area contributed by atoms with Gasteiger partial charge in [-0.15, -0.1) is 0 Å². The smallest absolute Gasteiger partial charge is 0.0589 e. The van der Waals surface area contributed by atoms with Gasteiger partial charge >= 0.3 is 0 Å². The summed E-state index contributed by atoms with van der Waals surface area (Å²) in [5, 5.41) is 3.49. The zero-order valence-corrected chi connectivity index (χ0v) is 12.9. The minimum Gasteiger partial charge on any atom is -0.385 e. The van der Waals surface area contributed by atoms with Crippen LogP contribution in [0.5, 0.6) is 0 Å². The van der Waals surface area contributed by atoms with Crippen LogP contribution in [0.25, 0.3) is 0 Å². The summed E-state index contributed by atoms with van der Waals surface area (Å²) in [5.41, 5.74) is 0. The molecule has 0 rings (SSSR count). The first-order chi connectivity index (χ1) is 8.67. The third-order valence-corrected chi connectivity index (χ3v) is 3.42. The van der Waals surface area contributed by atoms with E-state index in [1.165, 1.54) is 6.42 Å². The highest BCUT2D eigenvalue weighted by atomic mass is 16.5. The van der Waals surface area contributed by atoms with Crippen LogP contribution in [0.2, 0.25) is 0 Å². The molecule has 2 unspecified atom stereocenters. The van der Waals surface area contributed by atoms with Gasteiger partial charge in [0.05, 0.1) is 6.61 Å². The van der Waals surface area contributed by atoms with Gasteiger partial charge in [-0.1, -0.05) is 6.92 Å². The minimum absolute atomic E-state index is 0.539. The maximum absolute atomic E-state index is 5.20. The zero-order chi connectivity index (χ0) is 13.8. The van der Waals surface area contributed by atoms with Crippen molar-refractivity contribution in [2.75, 3.05) is 47.1 Å². The highest BCUT2D eigenvalue weighted by Gasteiger charge is 2.17. The van der Waals surface area contributed by atoms with Gasteiger partial charge in [-0.05, 0) is 33.2 Å². The van der Waals surface area contributed by atoms with E-state index < -0.39 is 0 Å². The molecule has 0 aromatic heterocycles. The van der Waals surface area contributed by atoms with Crippen molar-refractivity contribution in [3.8, 4) is 0 Å². The minimum atomic E-state index is 0.539. The van der Waals surface area contributed by atoms with Gasteiger partial charge in [0.2, 0.25) is 0 Å². The van der Waals surface area contributed by atoms with Crippen LogP contribution in [0.3, 0.4) is 0 Å². The molecule has 0 heterocycles. The van der Waals surface area contributed by atoms with Crippen LogP contribution < -0.4 is 5.32 Å². The predicted molar refractivity (Wildman–Crippen MR) is 77.2 cm³/mol. The molecule has 0 saturated carbocycles. The highest BCUT2D eigenvalue weighted by Crippen LogP contribution is 2.08. The number of ether oxygens (including phenoxy) is 2. The van der Waals surface area contributed by atoms with E-state index in [1.54, 1.807) is 14.2 Å². The Morgan fingerprint density at radius 3 is 2.28 bits per heavy atom. The summed E-state index contributed by atoms with van der Waals surface area (Å²) in [6.07, 6.45) is 2.25. The van der Waals surface area contributed by atoms with Gasteiger partial charge in [0, 0.05) is 46.0 Å².